The zero-order valence-electron chi connectivity index (χ0n) is 15.6. The molecule has 0 aliphatic rings. The minimum Gasteiger partial charge on any atom is -0.0622 e. The summed E-state index contributed by atoms with van der Waals surface area (Å²) in [6.07, 6.45) is 0. The summed E-state index contributed by atoms with van der Waals surface area (Å²) in [5, 5.41) is 0. The van der Waals surface area contributed by atoms with E-state index in [0.29, 0.717) is 0 Å². The van der Waals surface area contributed by atoms with E-state index in [1.54, 1.807) is 0 Å². The van der Waals surface area contributed by atoms with Gasteiger partial charge in [0.25, 0.3) is 0 Å². The molecule has 0 aliphatic heterocycles. The fourth-order valence-corrected chi connectivity index (χ4v) is 4.19. The van der Waals surface area contributed by atoms with Gasteiger partial charge < -0.3 is 0 Å². The Hall–Kier alpha value is -3.12. The zero-order chi connectivity index (χ0) is 18.7. The highest BCUT2D eigenvalue weighted by Crippen LogP contribution is 2.47. The predicted molar refractivity (Wildman–Crippen MR) is 114 cm³/mol. The zero-order valence-corrected chi connectivity index (χ0v) is 15.6. The van der Waals surface area contributed by atoms with Crippen LogP contribution >= 0.6 is 0 Å². The molecule has 0 heterocycles. The SMILES string of the molecule is [CH2]c1ccccc1C(c1ccccc1)(c1ccccc1)c1ccccc1C. The summed E-state index contributed by atoms with van der Waals surface area (Å²) in [4.78, 5) is 0. The van der Waals surface area contributed by atoms with Crippen LogP contribution in [-0.2, 0) is 5.41 Å². The van der Waals surface area contributed by atoms with Crippen LogP contribution in [0.3, 0.4) is 0 Å². The first-order valence-electron chi connectivity index (χ1n) is 9.33. The van der Waals surface area contributed by atoms with E-state index >= 15 is 0 Å². The van der Waals surface area contributed by atoms with Crippen LogP contribution in [0.4, 0.5) is 0 Å². The maximum atomic E-state index is 4.39. The van der Waals surface area contributed by atoms with Gasteiger partial charge in [0.15, 0.2) is 0 Å². The van der Waals surface area contributed by atoms with Crippen LogP contribution < -0.4 is 0 Å². The summed E-state index contributed by atoms with van der Waals surface area (Å²) >= 11 is 0. The van der Waals surface area contributed by atoms with Gasteiger partial charge in [-0.25, -0.2) is 0 Å². The van der Waals surface area contributed by atoms with Crippen molar-refractivity contribution >= 4 is 0 Å². The molecule has 1 radical (unpaired) electrons. The summed E-state index contributed by atoms with van der Waals surface area (Å²) in [6.45, 7) is 6.59. The molecule has 0 saturated carbocycles. The fraction of sp³-hybridized carbons (Fsp3) is 0.0741. The number of benzene rings is 4. The molecule has 0 N–H and O–H groups in total. The third kappa shape index (κ3) is 2.88. The molecule has 0 unspecified atom stereocenters. The molecular formula is C27H23. The van der Waals surface area contributed by atoms with Crippen molar-refractivity contribution in [2.75, 3.05) is 0 Å². The highest BCUT2D eigenvalue weighted by molar-refractivity contribution is 5.63. The van der Waals surface area contributed by atoms with E-state index < -0.39 is 5.41 Å². The molecule has 0 nitrogen and oxygen atoms in total. The number of hydrogen-bond donors (Lipinski definition) is 0. The van der Waals surface area contributed by atoms with Gasteiger partial charge in [0.05, 0.1) is 5.41 Å². The second kappa shape index (κ2) is 7.25. The van der Waals surface area contributed by atoms with Crippen LogP contribution in [0.2, 0.25) is 0 Å². The lowest BCUT2D eigenvalue weighted by molar-refractivity contribution is 0.735. The molecule has 131 valence electrons. The van der Waals surface area contributed by atoms with Gasteiger partial charge in [0.2, 0.25) is 0 Å². The van der Waals surface area contributed by atoms with Crippen molar-refractivity contribution < 1.29 is 0 Å². The smallest absolute Gasteiger partial charge is 0.0622 e. The fourth-order valence-electron chi connectivity index (χ4n) is 4.19. The molecule has 0 saturated heterocycles. The van der Waals surface area contributed by atoms with E-state index in [2.05, 4.69) is 123 Å². The number of rotatable bonds is 4. The number of hydrogen-bond acceptors (Lipinski definition) is 0. The van der Waals surface area contributed by atoms with E-state index in [1.165, 1.54) is 27.8 Å². The Kier molecular flexibility index (Phi) is 4.64. The van der Waals surface area contributed by atoms with Gasteiger partial charge in [0.1, 0.15) is 0 Å². The quantitative estimate of drug-likeness (QED) is 0.367. The van der Waals surface area contributed by atoms with Gasteiger partial charge in [-0.2, -0.15) is 0 Å². The normalized spacial score (nSPS) is 11.3. The molecule has 4 aromatic carbocycles. The lowest BCUT2D eigenvalue weighted by Crippen LogP contribution is -2.32. The lowest BCUT2D eigenvalue weighted by atomic mass is 9.63. The van der Waals surface area contributed by atoms with Crippen LogP contribution in [0.1, 0.15) is 33.4 Å². The minimum absolute atomic E-state index is 0.411. The first-order chi connectivity index (χ1) is 13.2. The third-order valence-corrected chi connectivity index (χ3v) is 5.38. The van der Waals surface area contributed by atoms with Crippen molar-refractivity contribution in [3.8, 4) is 0 Å². The maximum Gasteiger partial charge on any atom is 0.0706 e. The molecule has 4 aromatic rings. The molecular weight excluding hydrogens is 324 g/mol. The van der Waals surface area contributed by atoms with E-state index in [0.717, 1.165) is 5.56 Å². The standard InChI is InChI=1S/C27H23/c1-21-13-9-11-19-25(21)27(23-15-5-3-6-16-23,24-17-7-4-8-18-24)26-20-12-10-14-22(26)2/h3-20H,1H2,2H3. The Balaban J connectivity index is 2.20. The third-order valence-electron chi connectivity index (χ3n) is 5.38. The molecule has 4 rings (SSSR count). The van der Waals surface area contributed by atoms with Crippen molar-refractivity contribution in [3.05, 3.63) is 149 Å². The molecule has 0 fully saturated rings. The summed E-state index contributed by atoms with van der Waals surface area (Å²) in [5.74, 6) is 0. The molecule has 0 heteroatoms. The first-order valence-corrected chi connectivity index (χ1v) is 9.33. The summed E-state index contributed by atoms with van der Waals surface area (Å²) < 4.78 is 0. The average molecular weight is 347 g/mol. The van der Waals surface area contributed by atoms with E-state index in [1.807, 2.05) is 0 Å². The van der Waals surface area contributed by atoms with Crippen molar-refractivity contribution in [3.63, 3.8) is 0 Å². The van der Waals surface area contributed by atoms with Gasteiger partial charge in [0, 0.05) is 0 Å². The van der Waals surface area contributed by atoms with E-state index in [4.69, 9.17) is 0 Å². The second-order valence-corrected chi connectivity index (χ2v) is 6.95. The molecule has 0 atom stereocenters. The monoisotopic (exact) mass is 347 g/mol. The van der Waals surface area contributed by atoms with Crippen LogP contribution in [0, 0.1) is 13.8 Å². The highest BCUT2D eigenvalue weighted by atomic mass is 14.4. The van der Waals surface area contributed by atoms with Crippen molar-refractivity contribution in [1.29, 1.82) is 0 Å². The van der Waals surface area contributed by atoms with Crippen LogP contribution in [0.25, 0.3) is 0 Å². The van der Waals surface area contributed by atoms with E-state index in [9.17, 15) is 0 Å². The van der Waals surface area contributed by atoms with Gasteiger partial charge >= 0.3 is 0 Å². The molecule has 0 spiro atoms. The molecule has 0 aromatic heterocycles. The predicted octanol–water partition coefficient (Wildman–Crippen LogP) is 6.56. The van der Waals surface area contributed by atoms with Crippen molar-refractivity contribution in [2.24, 2.45) is 0 Å². The minimum atomic E-state index is -0.411. The van der Waals surface area contributed by atoms with Gasteiger partial charge in [-0.05, 0) is 47.2 Å². The molecule has 0 bridgehead atoms. The van der Waals surface area contributed by atoms with Crippen LogP contribution in [0.5, 0.6) is 0 Å². The summed E-state index contributed by atoms with van der Waals surface area (Å²) in [7, 11) is 0. The highest BCUT2D eigenvalue weighted by Gasteiger charge is 2.39. The van der Waals surface area contributed by atoms with Crippen LogP contribution in [0.15, 0.2) is 109 Å². The van der Waals surface area contributed by atoms with Gasteiger partial charge in [-0.15, -0.1) is 0 Å². The van der Waals surface area contributed by atoms with Crippen molar-refractivity contribution in [1.82, 2.24) is 0 Å². The largest absolute Gasteiger partial charge is 0.0706 e. The molecule has 0 aliphatic carbocycles. The molecule has 0 amide bonds. The van der Waals surface area contributed by atoms with Gasteiger partial charge in [-0.1, -0.05) is 109 Å². The van der Waals surface area contributed by atoms with Crippen molar-refractivity contribution in [2.45, 2.75) is 12.3 Å². The van der Waals surface area contributed by atoms with Crippen LogP contribution in [-0.4, -0.2) is 0 Å². The summed E-state index contributed by atoms with van der Waals surface area (Å²) in [5.41, 5.74) is 6.92. The Morgan fingerprint density at radius 3 is 1.48 bits per heavy atom. The Morgan fingerprint density at radius 2 is 0.963 bits per heavy atom. The first kappa shape index (κ1) is 17.3. The maximum absolute atomic E-state index is 4.39. The van der Waals surface area contributed by atoms with E-state index in [-0.39, 0.29) is 0 Å². The Morgan fingerprint density at radius 1 is 0.519 bits per heavy atom. The number of aryl methyl sites for hydroxylation is 1. The lowest BCUT2D eigenvalue weighted by Gasteiger charge is -2.38. The average Bonchev–Trinajstić information content (AvgIpc) is 2.73. The molecule has 27 heavy (non-hydrogen) atoms. The Bertz CT molecular complexity index is 943. The second-order valence-electron chi connectivity index (χ2n) is 6.95. The Labute approximate surface area is 162 Å². The topological polar surface area (TPSA) is 0 Å². The van der Waals surface area contributed by atoms with Gasteiger partial charge in [-0.3, -0.25) is 0 Å². The summed E-state index contributed by atoms with van der Waals surface area (Å²) in [6, 6.07) is 38.7.